The number of nitrogens with one attached hydrogen (secondary N) is 1. The van der Waals surface area contributed by atoms with Gasteiger partial charge in [0.25, 0.3) is 0 Å². The van der Waals surface area contributed by atoms with E-state index in [0.29, 0.717) is 11.8 Å². The molecule has 124 valence electrons. The largest absolute Gasteiger partial charge is 0.531 e. The van der Waals surface area contributed by atoms with Crippen LogP contribution in [0.2, 0.25) is 39.3 Å². The van der Waals surface area contributed by atoms with E-state index in [1.54, 1.807) is 0 Å². The Bertz CT molecular complexity index is 682. The third kappa shape index (κ3) is 5.44. The van der Waals surface area contributed by atoms with Gasteiger partial charge in [-0.15, -0.1) is 0 Å². The van der Waals surface area contributed by atoms with Crippen LogP contribution in [0.1, 0.15) is 0 Å². The fourth-order valence-electron chi connectivity index (χ4n) is 1.96. The highest BCUT2D eigenvalue weighted by Gasteiger charge is 2.24. The van der Waals surface area contributed by atoms with E-state index in [1.807, 2.05) is 30.3 Å². The van der Waals surface area contributed by atoms with Gasteiger partial charge < -0.3 is 9.41 Å². The van der Waals surface area contributed by atoms with Crippen molar-refractivity contribution in [1.29, 1.82) is 0 Å². The van der Waals surface area contributed by atoms with Gasteiger partial charge in [0, 0.05) is 5.56 Å². The average molecular weight is 410 g/mol. The summed E-state index contributed by atoms with van der Waals surface area (Å²) in [7, 11) is -3.33. The van der Waals surface area contributed by atoms with Crippen LogP contribution in [0.3, 0.4) is 0 Å². The molecule has 0 saturated heterocycles. The lowest BCUT2D eigenvalue weighted by Crippen LogP contribution is -2.34. The Kier molecular flexibility index (Phi) is 5.32. The highest BCUT2D eigenvalue weighted by molar-refractivity contribution is 9.10. The van der Waals surface area contributed by atoms with Crippen molar-refractivity contribution < 1.29 is 4.43 Å². The number of hydrogen-bond donors (Lipinski definition) is 1. The first-order valence-electron chi connectivity index (χ1n) is 7.65. The first-order chi connectivity index (χ1) is 10.6. The van der Waals surface area contributed by atoms with Gasteiger partial charge in [-0.25, -0.2) is 4.98 Å². The monoisotopic (exact) mass is 409 g/mol. The van der Waals surface area contributed by atoms with Gasteiger partial charge in [0.15, 0.2) is 0 Å². The summed E-state index contributed by atoms with van der Waals surface area (Å²) in [5, 5.41) is 0. The zero-order valence-corrected chi connectivity index (χ0v) is 18.2. The van der Waals surface area contributed by atoms with Crippen LogP contribution in [0.4, 0.5) is 5.95 Å². The van der Waals surface area contributed by atoms with Gasteiger partial charge in [-0.2, -0.15) is 4.98 Å². The SMILES string of the molecule is C[Si](C)(C)Nc1nc(O[Si](C)(C)C)c(Br)c(-c2ccccc2)n1. The fraction of sp³-hybridized carbons (Fsp3) is 0.375. The van der Waals surface area contributed by atoms with Crippen molar-refractivity contribution in [1.82, 2.24) is 9.97 Å². The summed E-state index contributed by atoms with van der Waals surface area (Å²) < 4.78 is 6.98. The molecule has 0 radical (unpaired) electrons. The summed E-state index contributed by atoms with van der Waals surface area (Å²) in [6, 6.07) is 10.1. The van der Waals surface area contributed by atoms with Crippen LogP contribution in [-0.4, -0.2) is 26.5 Å². The van der Waals surface area contributed by atoms with E-state index in [9.17, 15) is 0 Å². The van der Waals surface area contributed by atoms with E-state index < -0.39 is 16.6 Å². The standard InChI is InChI=1S/C16H24BrN3OSi2/c1-22(2,3)20-16-18-14(12-10-8-7-9-11-12)13(17)15(19-16)21-23(4,5)6/h7-11H,1-6H3,(H,18,19,20). The molecular formula is C16H24BrN3OSi2. The molecule has 1 aromatic carbocycles. The summed E-state index contributed by atoms with van der Waals surface area (Å²) in [6.07, 6.45) is 0. The zero-order chi connectivity index (χ0) is 17.3. The Labute approximate surface area is 149 Å². The average Bonchev–Trinajstić information content (AvgIpc) is 2.40. The normalized spacial score (nSPS) is 12.1. The molecule has 0 bridgehead atoms. The fourth-order valence-corrected chi connectivity index (χ4v) is 4.11. The maximum Gasteiger partial charge on any atom is 0.244 e. The summed E-state index contributed by atoms with van der Waals surface area (Å²) in [4.78, 5) is 12.8. The molecule has 0 fully saturated rings. The van der Waals surface area contributed by atoms with Crippen molar-refractivity contribution in [2.24, 2.45) is 0 Å². The Morgan fingerprint density at radius 1 is 0.957 bits per heavy atom. The summed E-state index contributed by atoms with van der Waals surface area (Å²) >= 11 is 3.64. The molecule has 1 heterocycles. The van der Waals surface area contributed by atoms with Gasteiger partial charge >= 0.3 is 0 Å². The van der Waals surface area contributed by atoms with Crippen LogP contribution in [0.5, 0.6) is 5.88 Å². The number of benzene rings is 1. The minimum atomic E-state index is -1.77. The van der Waals surface area contributed by atoms with Crippen molar-refractivity contribution in [3.05, 3.63) is 34.8 Å². The molecule has 0 unspecified atom stereocenters. The molecule has 1 aromatic heterocycles. The Hall–Kier alpha value is -1.19. The van der Waals surface area contributed by atoms with E-state index in [2.05, 4.69) is 65.2 Å². The van der Waals surface area contributed by atoms with Crippen LogP contribution >= 0.6 is 15.9 Å². The first kappa shape index (κ1) is 18.2. The van der Waals surface area contributed by atoms with E-state index >= 15 is 0 Å². The molecule has 0 saturated carbocycles. The summed E-state index contributed by atoms with van der Waals surface area (Å²) in [6.45, 7) is 13.1. The van der Waals surface area contributed by atoms with Gasteiger partial charge in [0.2, 0.25) is 20.1 Å². The maximum atomic E-state index is 6.17. The molecule has 0 amide bonds. The number of halogens is 1. The molecule has 4 nitrogen and oxygen atoms in total. The van der Waals surface area contributed by atoms with Crippen molar-refractivity contribution in [2.45, 2.75) is 39.3 Å². The quantitative estimate of drug-likeness (QED) is 0.674. The third-order valence-corrected chi connectivity index (χ3v) is 5.25. The van der Waals surface area contributed by atoms with Crippen molar-refractivity contribution in [2.75, 3.05) is 4.98 Å². The number of hydrogen-bond acceptors (Lipinski definition) is 4. The number of rotatable bonds is 5. The van der Waals surface area contributed by atoms with E-state index in [0.717, 1.165) is 15.7 Å². The van der Waals surface area contributed by atoms with Crippen LogP contribution in [0.25, 0.3) is 11.3 Å². The van der Waals surface area contributed by atoms with E-state index in [4.69, 9.17) is 9.41 Å². The molecule has 23 heavy (non-hydrogen) atoms. The van der Waals surface area contributed by atoms with Crippen LogP contribution in [0, 0.1) is 0 Å². The molecule has 2 aromatic rings. The van der Waals surface area contributed by atoms with E-state index in [-0.39, 0.29) is 0 Å². The maximum absolute atomic E-state index is 6.17. The molecule has 0 atom stereocenters. The minimum Gasteiger partial charge on any atom is -0.531 e. The lowest BCUT2D eigenvalue weighted by atomic mass is 10.1. The van der Waals surface area contributed by atoms with Gasteiger partial charge in [-0.3, -0.25) is 0 Å². The van der Waals surface area contributed by atoms with Crippen LogP contribution in [0.15, 0.2) is 34.8 Å². The highest BCUT2D eigenvalue weighted by atomic mass is 79.9. The minimum absolute atomic E-state index is 0.624. The topological polar surface area (TPSA) is 47.0 Å². The van der Waals surface area contributed by atoms with Crippen LogP contribution in [-0.2, 0) is 0 Å². The third-order valence-electron chi connectivity index (χ3n) is 2.76. The van der Waals surface area contributed by atoms with Crippen molar-refractivity contribution >= 4 is 38.4 Å². The van der Waals surface area contributed by atoms with Gasteiger partial charge in [-0.1, -0.05) is 50.0 Å². The summed E-state index contributed by atoms with van der Waals surface area (Å²) in [5.74, 6) is 1.26. The van der Waals surface area contributed by atoms with Gasteiger partial charge in [0.1, 0.15) is 12.7 Å². The predicted octanol–water partition coefficient (Wildman–Crippen LogP) is 5.37. The molecular weight excluding hydrogens is 386 g/mol. The number of nitrogens with zero attached hydrogens (tertiary/aromatic N) is 2. The highest BCUT2D eigenvalue weighted by Crippen LogP contribution is 2.35. The van der Waals surface area contributed by atoms with Gasteiger partial charge in [0.05, 0.1) is 5.69 Å². The molecule has 0 aliphatic rings. The number of anilines is 1. The summed E-state index contributed by atoms with van der Waals surface area (Å²) in [5.41, 5.74) is 1.90. The smallest absolute Gasteiger partial charge is 0.244 e. The second-order valence-corrected chi connectivity index (χ2v) is 17.4. The van der Waals surface area contributed by atoms with E-state index in [1.165, 1.54) is 0 Å². The number of aromatic nitrogens is 2. The molecule has 7 heteroatoms. The second-order valence-electron chi connectivity index (χ2n) is 7.47. The van der Waals surface area contributed by atoms with Gasteiger partial charge in [-0.05, 0) is 35.6 Å². The Balaban J connectivity index is 2.56. The molecule has 2 rings (SSSR count). The Morgan fingerprint density at radius 3 is 2.09 bits per heavy atom. The molecule has 1 N–H and O–H groups in total. The second kappa shape index (κ2) is 6.74. The molecule has 0 aliphatic carbocycles. The Morgan fingerprint density at radius 2 is 1.57 bits per heavy atom. The lowest BCUT2D eigenvalue weighted by molar-refractivity contribution is 0.530. The van der Waals surface area contributed by atoms with Crippen molar-refractivity contribution in [3.8, 4) is 17.1 Å². The first-order valence-corrected chi connectivity index (χ1v) is 15.4. The zero-order valence-electron chi connectivity index (χ0n) is 14.6. The molecule has 0 spiro atoms. The molecule has 0 aliphatic heterocycles. The van der Waals surface area contributed by atoms with Crippen LogP contribution < -0.4 is 9.41 Å². The van der Waals surface area contributed by atoms with Crippen molar-refractivity contribution in [3.63, 3.8) is 0 Å². The predicted molar refractivity (Wildman–Crippen MR) is 106 cm³/mol. The lowest BCUT2D eigenvalue weighted by Gasteiger charge is -2.23.